The molecule has 2 amide bonds. The molecule has 0 unspecified atom stereocenters. The van der Waals surface area contributed by atoms with Gasteiger partial charge < -0.3 is 16.0 Å². The van der Waals surface area contributed by atoms with Crippen LogP contribution in [0.3, 0.4) is 0 Å². The molecule has 0 atom stereocenters. The van der Waals surface area contributed by atoms with Gasteiger partial charge in [-0.05, 0) is 45.2 Å². The monoisotopic (exact) mass is 277 g/mol. The molecule has 20 heavy (non-hydrogen) atoms. The number of hydrogen-bond donors (Lipinski definition) is 3. The molecule has 1 rings (SSSR count). The highest BCUT2D eigenvalue weighted by Gasteiger charge is 2.24. The molecule has 0 radical (unpaired) electrons. The highest BCUT2D eigenvalue weighted by Crippen LogP contribution is 2.16. The first-order valence-corrected chi connectivity index (χ1v) is 6.67. The number of anilines is 2. The van der Waals surface area contributed by atoms with Crippen LogP contribution in [0.25, 0.3) is 0 Å². The lowest BCUT2D eigenvalue weighted by Gasteiger charge is -2.22. The Bertz CT molecular complexity index is 478. The second-order valence-corrected chi connectivity index (χ2v) is 5.55. The van der Waals surface area contributed by atoms with E-state index in [1.54, 1.807) is 45.2 Å². The van der Waals surface area contributed by atoms with E-state index in [0.717, 1.165) is 5.69 Å². The average Bonchev–Trinajstić information content (AvgIpc) is 2.40. The minimum absolute atomic E-state index is 0.0295. The van der Waals surface area contributed by atoms with Crippen LogP contribution in [0.1, 0.15) is 27.7 Å². The van der Waals surface area contributed by atoms with Crippen molar-refractivity contribution in [3.05, 3.63) is 24.3 Å². The highest BCUT2D eigenvalue weighted by molar-refractivity contribution is 5.98. The highest BCUT2D eigenvalue weighted by atomic mass is 16.2. The summed E-state index contributed by atoms with van der Waals surface area (Å²) in [7, 11) is 1.74. The van der Waals surface area contributed by atoms with Gasteiger partial charge in [0.2, 0.25) is 11.8 Å². The molecule has 0 bridgehead atoms. The molecule has 0 aromatic heterocycles. The second kappa shape index (κ2) is 6.52. The molecule has 0 saturated carbocycles. The molecule has 0 saturated heterocycles. The topological polar surface area (TPSA) is 70.2 Å². The van der Waals surface area contributed by atoms with Gasteiger partial charge in [0, 0.05) is 17.3 Å². The third-order valence-electron chi connectivity index (χ3n) is 3.13. The molecular formula is C15H23N3O2. The molecular weight excluding hydrogens is 254 g/mol. The van der Waals surface area contributed by atoms with Crippen molar-refractivity contribution in [3.63, 3.8) is 0 Å². The molecule has 0 fully saturated rings. The summed E-state index contributed by atoms with van der Waals surface area (Å²) in [5, 5.41) is 8.56. The Labute approximate surface area is 120 Å². The van der Waals surface area contributed by atoms with E-state index in [2.05, 4.69) is 16.0 Å². The largest absolute Gasteiger partial charge is 0.326 e. The SMILES string of the molecule is CNC(C)(C)C(=O)Nc1ccc(NC(=O)C(C)C)cc1. The van der Waals surface area contributed by atoms with E-state index in [1.807, 2.05) is 13.8 Å². The van der Waals surface area contributed by atoms with E-state index in [-0.39, 0.29) is 17.7 Å². The van der Waals surface area contributed by atoms with E-state index in [1.165, 1.54) is 0 Å². The van der Waals surface area contributed by atoms with Crippen LogP contribution >= 0.6 is 0 Å². The number of benzene rings is 1. The molecule has 0 aliphatic heterocycles. The molecule has 110 valence electrons. The first-order valence-electron chi connectivity index (χ1n) is 6.67. The summed E-state index contributed by atoms with van der Waals surface area (Å²) in [6.45, 7) is 7.28. The third-order valence-corrected chi connectivity index (χ3v) is 3.13. The van der Waals surface area contributed by atoms with Crippen LogP contribution in [-0.4, -0.2) is 24.4 Å². The number of nitrogens with one attached hydrogen (secondary N) is 3. The van der Waals surface area contributed by atoms with Crippen LogP contribution in [0.4, 0.5) is 11.4 Å². The van der Waals surface area contributed by atoms with Crippen molar-refractivity contribution in [1.29, 1.82) is 0 Å². The number of carbonyl (C=O) groups is 2. The minimum Gasteiger partial charge on any atom is -0.326 e. The van der Waals surface area contributed by atoms with Gasteiger partial charge in [-0.3, -0.25) is 9.59 Å². The van der Waals surface area contributed by atoms with Crippen LogP contribution in [-0.2, 0) is 9.59 Å². The molecule has 3 N–H and O–H groups in total. The molecule has 0 aliphatic carbocycles. The fraction of sp³-hybridized carbons (Fsp3) is 0.467. The zero-order valence-electron chi connectivity index (χ0n) is 12.7. The maximum atomic E-state index is 12.0. The van der Waals surface area contributed by atoms with Gasteiger partial charge in [-0.15, -0.1) is 0 Å². The fourth-order valence-corrected chi connectivity index (χ4v) is 1.32. The second-order valence-electron chi connectivity index (χ2n) is 5.55. The van der Waals surface area contributed by atoms with Gasteiger partial charge in [-0.2, -0.15) is 0 Å². The lowest BCUT2D eigenvalue weighted by Crippen LogP contribution is -2.47. The van der Waals surface area contributed by atoms with Crippen molar-refractivity contribution < 1.29 is 9.59 Å². The normalized spacial score (nSPS) is 11.3. The predicted molar refractivity (Wildman–Crippen MR) is 81.7 cm³/mol. The summed E-state index contributed by atoms with van der Waals surface area (Å²) >= 11 is 0. The Balaban J connectivity index is 2.68. The van der Waals surface area contributed by atoms with E-state index in [0.29, 0.717) is 5.69 Å². The van der Waals surface area contributed by atoms with Crippen LogP contribution < -0.4 is 16.0 Å². The summed E-state index contributed by atoms with van der Waals surface area (Å²) in [6.07, 6.45) is 0. The molecule has 0 aliphatic rings. The van der Waals surface area contributed by atoms with E-state index >= 15 is 0 Å². The van der Waals surface area contributed by atoms with Gasteiger partial charge in [0.15, 0.2) is 0 Å². The summed E-state index contributed by atoms with van der Waals surface area (Å²) in [4.78, 5) is 23.5. The number of rotatable bonds is 5. The Morgan fingerprint density at radius 3 is 1.85 bits per heavy atom. The quantitative estimate of drug-likeness (QED) is 0.773. The van der Waals surface area contributed by atoms with Crippen molar-refractivity contribution in [1.82, 2.24) is 5.32 Å². The van der Waals surface area contributed by atoms with Crippen LogP contribution in [0, 0.1) is 5.92 Å². The van der Waals surface area contributed by atoms with Crippen molar-refractivity contribution in [3.8, 4) is 0 Å². The molecule has 1 aromatic carbocycles. The Kier molecular flexibility index (Phi) is 5.27. The summed E-state index contributed by atoms with van der Waals surface area (Å²) in [5.74, 6) is -0.206. The summed E-state index contributed by atoms with van der Waals surface area (Å²) in [6, 6.07) is 7.06. The molecule has 0 spiro atoms. The number of likely N-dealkylation sites (N-methyl/N-ethyl adjacent to an activating group) is 1. The zero-order chi connectivity index (χ0) is 15.3. The number of amides is 2. The molecule has 5 heteroatoms. The lowest BCUT2D eigenvalue weighted by atomic mass is 10.1. The van der Waals surface area contributed by atoms with Crippen molar-refractivity contribution in [2.45, 2.75) is 33.2 Å². The average molecular weight is 277 g/mol. The maximum Gasteiger partial charge on any atom is 0.244 e. The van der Waals surface area contributed by atoms with Gasteiger partial charge >= 0.3 is 0 Å². The Morgan fingerprint density at radius 1 is 1.00 bits per heavy atom. The summed E-state index contributed by atoms with van der Waals surface area (Å²) in [5.41, 5.74) is 0.778. The molecule has 0 heterocycles. The van der Waals surface area contributed by atoms with Crippen molar-refractivity contribution in [2.75, 3.05) is 17.7 Å². The van der Waals surface area contributed by atoms with Gasteiger partial charge in [-0.1, -0.05) is 13.8 Å². The van der Waals surface area contributed by atoms with Crippen molar-refractivity contribution in [2.24, 2.45) is 5.92 Å². The van der Waals surface area contributed by atoms with Crippen molar-refractivity contribution >= 4 is 23.2 Å². The van der Waals surface area contributed by atoms with E-state index < -0.39 is 5.54 Å². The maximum absolute atomic E-state index is 12.0. The molecule has 5 nitrogen and oxygen atoms in total. The van der Waals surface area contributed by atoms with Gasteiger partial charge in [0.25, 0.3) is 0 Å². The molecule has 1 aromatic rings. The van der Waals surface area contributed by atoms with Gasteiger partial charge in [0.05, 0.1) is 5.54 Å². The first-order chi connectivity index (χ1) is 9.26. The third kappa shape index (κ3) is 4.35. The Morgan fingerprint density at radius 2 is 1.45 bits per heavy atom. The van der Waals surface area contributed by atoms with Crippen LogP contribution in [0.15, 0.2) is 24.3 Å². The fourth-order valence-electron chi connectivity index (χ4n) is 1.32. The predicted octanol–water partition coefficient (Wildman–Crippen LogP) is 2.22. The van der Waals surface area contributed by atoms with Gasteiger partial charge in [0.1, 0.15) is 0 Å². The summed E-state index contributed by atoms with van der Waals surface area (Å²) < 4.78 is 0. The van der Waals surface area contributed by atoms with E-state index in [9.17, 15) is 9.59 Å². The van der Waals surface area contributed by atoms with Crippen LogP contribution in [0.2, 0.25) is 0 Å². The smallest absolute Gasteiger partial charge is 0.244 e. The first kappa shape index (κ1) is 16.2. The number of carbonyl (C=O) groups excluding carboxylic acids is 2. The Hall–Kier alpha value is -1.88. The minimum atomic E-state index is -0.634. The van der Waals surface area contributed by atoms with E-state index in [4.69, 9.17) is 0 Å². The number of hydrogen-bond acceptors (Lipinski definition) is 3. The lowest BCUT2D eigenvalue weighted by molar-refractivity contribution is -0.121. The zero-order valence-corrected chi connectivity index (χ0v) is 12.7. The standard InChI is InChI=1S/C15H23N3O2/c1-10(2)13(19)17-11-6-8-12(9-7-11)18-14(20)15(3,4)16-5/h6-10,16H,1-5H3,(H,17,19)(H,18,20). The van der Waals surface area contributed by atoms with Gasteiger partial charge in [-0.25, -0.2) is 0 Å². The van der Waals surface area contributed by atoms with Crippen LogP contribution in [0.5, 0.6) is 0 Å².